The minimum absolute atomic E-state index is 0.621. The Morgan fingerprint density at radius 1 is 1.11 bits per heavy atom. The number of rotatable bonds is 3. The van der Waals surface area contributed by atoms with E-state index in [2.05, 4.69) is 6.92 Å². The van der Waals surface area contributed by atoms with Gasteiger partial charge in [-0.15, -0.1) is 11.3 Å². The average molecular weight is 262 g/mol. The molecule has 0 aliphatic carbocycles. The van der Waals surface area contributed by atoms with E-state index in [1.807, 2.05) is 38.1 Å². The number of aliphatic hydroxyl groups is 1. The number of aryl methyl sites for hydroxylation is 3. The summed E-state index contributed by atoms with van der Waals surface area (Å²) < 4.78 is 5.33. The summed E-state index contributed by atoms with van der Waals surface area (Å²) in [5.41, 5.74) is 2.93. The second kappa shape index (κ2) is 5.12. The lowest BCUT2D eigenvalue weighted by Gasteiger charge is -2.15. The third-order valence-corrected chi connectivity index (χ3v) is 4.04. The number of ether oxygens (including phenoxy) is 1. The molecule has 96 valence electrons. The van der Waals surface area contributed by atoms with Crippen LogP contribution in [0, 0.1) is 20.8 Å². The summed E-state index contributed by atoms with van der Waals surface area (Å²) in [7, 11) is 1.63. The second-order valence-corrected chi connectivity index (χ2v) is 5.98. The third-order valence-electron chi connectivity index (χ3n) is 3.05. The molecule has 18 heavy (non-hydrogen) atoms. The normalized spacial score (nSPS) is 12.5. The van der Waals surface area contributed by atoms with Crippen LogP contribution in [0.25, 0.3) is 0 Å². The Bertz CT molecular complexity index is 558. The van der Waals surface area contributed by atoms with Gasteiger partial charge in [0.2, 0.25) is 0 Å². The van der Waals surface area contributed by atoms with Crippen molar-refractivity contribution in [2.75, 3.05) is 7.11 Å². The number of benzene rings is 1. The molecule has 0 saturated heterocycles. The van der Waals surface area contributed by atoms with E-state index in [9.17, 15) is 5.11 Å². The van der Waals surface area contributed by atoms with Gasteiger partial charge in [0.05, 0.1) is 7.11 Å². The number of methoxy groups -OCH3 is 1. The molecule has 1 unspecified atom stereocenters. The zero-order valence-electron chi connectivity index (χ0n) is 11.2. The second-order valence-electron chi connectivity index (χ2n) is 4.52. The highest BCUT2D eigenvalue weighted by atomic mass is 32.1. The van der Waals surface area contributed by atoms with E-state index in [4.69, 9.17) is 4.74 Å². The van der Waals surface area contributed by atoms with Crippen LogP contribution in [-0.4, -0.2) is 12.2 Å². The zero-order valence-corrected chi connectivity index (χ0v) is 12.0. The molecule has 2 rings (SSSR count). The van der Waals surface area contributed by atoms with Gasteiger partial charge >= 0.3 is 0 Å². The first kappa shape index (κ1) is 13.1. The van der Waals surface area contributed by atoms with Gasteiger partial charge in [0.25, 0.3) is 0 Å². The number of hydrogen-bond donors (Lipinski definition) is 1. The lowest BCUT2D eigenvalue weighted by atomic mass is 9.99. The van der Waals surface area contributed by atoms with Crippen LogP contribution in [0.2, 0.25) is 0 Å². The van der Waals surface area contributed by atoms with Crippen molar-refractivity contribution in [3.8, 4) is 5.75 Å². The predicted molar refractivity (Wildman–Crippen MR) is 75.6 cm³/mol. The molecule has 0 radical (unpaired) electrons. The van der Waals surface area contributed by atoms with E-state index in [0.717, 1.165) is 27.3 Å². The average Bonchev–Trinajstić information content (AvgIpc) is 2.67. The van der Waals surface area contributed by atoms with Crippen LogP contribution in [-0.2, 0) is 0 Å². The SMILES string of the molecule is COc1ccc(C)cc1C(O)c1cc(C)sc1C. The molecule has 0 saturated carbocycles. The fourth-order valence-corrected chi connectivity index (χ4v) is 3.11. The molecule has 0 fully saturated rings. The third kappa shape index (κ3) is 2.42. The van der Waals surface area contributed by atoms with E-state index in [0.29, 0.717) is 0 Å². The fraction of sp³-hybridized carbons (Fsp3) is 0.333. The van der Waals surface area contributed by atoms with Crippen molar-refractivity contribution < 1.29 is 9.84 Å². The van der Waals surface area contributed by atoms with Crippen LogP contribution in [0.1, 0.15) is 32.5 Å². The highest BCUT2D eigenvalue weighted by Gasteiger charge is 2.19. The van der Waals surface area contributed by atoms with Crippen LogP contribution in [0.5, 0.6) is 5.75 Å². The maximum atomic E-state index is 10.5. The van der Waals surface area contributed by atoms with Crippen molar-refractivity contribution in [2.45, 2.75) is 26.9 Å². The van der Waals surface area contributed by atoms with Gasteiger partial charge in [-0.05, 0) is 44.5 Å². The van der Waals surface area contributed by atoms with Gasteiger partial charge in [-0.1, -0.05) is 11.6 Å². The molecular formula is C15H18O2S. The molecule has 0 aliphatic heterocycles. The molecule has 1 N–H and O–H groups in total. The molecule has 3 heteroatoms. The predicted octanol–water partition coefficient (Wildman–Crippen LogP) is 3.76. The lowest BCUT2D eigenvalue weighted by molar-refractivity contribution is 0.214. The number of thiophene rings is 1. The number of hydrogen-bond acceptors (Lipinski definition) is 3. The standard InChI is InChI=1S/C15H18O2S/c1-9-5-6-14(17-4)13(7-9)15(16)12-8-10(2)18-11(12)3/h5-8,15-16H,1-4H3. The maximum absolute atomic E-state index is 10.5. The Hall–Kier alpha value is -1.32. The molecule has 1 aromatic heterocycles. The zero-order chi connectivity index (χ0) is 13.3. The monoisotopic (exact) mass is 262 g/mol. The molecule has 1 heterocycles. The summed E-state index contributed by atoms with van der Waals surface area (Å²) in [5.74, 6) is 0.733. The van der Waals surface area contributed by atoms with Crippen molar-refractivity contribution in [3.05, 3.63) is 50.7 Å². The largest absolute Gasteiger partial charge is 0.496 e. The first-order chi connectivity index (χ1) is 8.52. The molecule has 1 atom stereocenters. The van der Waals surface area contributed by atoms with Gasteiger partial charge in [-0.25, -0.2) is 0 Å². The Balaban J connectivity index is 2.48. The fourth-order valence-electron chi connectivity index (χ4n) is 2.16. The van der Waals surface area contributed by atoms with Gasteiger partial charge in [0.1, 0.15) is 11.9 Å². The van der Waals surface area contributed by atoms with Gasteiger partial charge in [0, 0.05) is 15.3 Å². The van der Waals surface area contributed by atoms with Crippen molar-refractivity contribution in [2.24, 2.45) is 0 Å². The molecule has 0 bridgehead atoms. The Kier molecular flexibility index (Phi) is 3.73. The van der Waals surface area contributed by atoms with Crippen molar-refractivity contribution in [1.29, 1.82) is 0 Å². The van der Waals surface area contributed by atoms with E-state index < -0.39 is 6.10 Å². The first-order valence-corrected chi connectivity index (χ1v) is 6.74. The highest BCUT2D eigenvalue weighted by molar-refractivity contribution is 7.12. The van der Waals surface area contributed by atoms with Gasteiger partial charge in [0.15, 0.2) is 0 Å². The lowest BCUT2D eigenvalue weighted by Crippen LogP contribution is -2.03. The summed E-state index contributed by atoms with van der Waals surface area (Å²) in [6.45, 7) is 6.11. The Morgan fingerprint density at radius 2 is 1.83 bits per heavy atom. The van der Waals surface area contributed by atoms with Crippen LogP contribution in [0.15, 0.2) is 24.3 Å². The summed E-state index contributed by atoms with van der Waals surface area (Å²) in [6.07, 6.45) is -0.621. The summed E-state index contributed by atoms with van der Waals surface area (Å²) in [4.78, 5) is 2.37. The first-order valence-electron chi connectivity index (χ1n) is 5.92. The van der Waals surface area contributed by atoms with Gasteiger partial charge in [-0.2, -0.15) is 0 Å². The van der Waals surface area contributed by atoms with Crippen LogP contribution >= 0.6 is 11.3 Å². The topological polar surface area (TPSA) is 29.5 Å². The van der Waals surface area contributed by atoms with Gasteiger partial charge < -0.3 is 9.84 Å². The molecule has 0 aliphatic rings. The highest BCUT2D eigenvalue weighted by Crippen LogP contribution is 2.35. The molecule has 2 aromatic rings. The quantitative estimate of drug-likeness (QED) is 0.912. The number of aliphatic hydroxyl groups excluding tert-OH is 1. The molecule has 2 nitrogen and oxygen atoms in total. The summed E-state index contributed by atoms with van der Waals surface area (Å²) >= 11 is 1.71. The summed E-state index contributed by atoms with van der Waals surface area (Å²) in [6, 6.07) is 7.92. The van der Waals surface area contributed by atoms with Crippen molar-refractivity contribution in [1.82, 2.24) is 0 Å². The van der Waals surface area contributed by atoms with Crippen molar-refractivity contribution >= 4 is 11.3 Å². The van der Waals surface area contributed by atoms with Crippen LogP contribution in [0.4, 0.5) is 0 Å². The van der Waals surface area contributed by atoms with E-state index >= 15 is 0 Å². The summed E-state index contributed by atoms with van der Waals surface area (Å²) in [5, 5.41) is 10.5. The minimum atomic E-state index is -0.621. The van der Waals surface area contributed by atoms with Crippen molar-refractivity contribution in [3.63, 3.8) is 0 Å². The molecular weight excluding hydrogens is 244 g/mol. The minimum Gasteiger partial charge on any atom is -0.496 e. The molecule has 0 amide bonds. The Labute approximate surface area is 112 Å². The molecule has 0 spiro atoms. The smallest absolute Gasteiger partial charge is 0.125 e. The maximum Gasteiger partial charge on any atom is 0.125 e. The van der Waals surface area contributed by atoms with E-state index in [1.165, 1.54) is 4.88 Å². The van der Waals surface area contributed by atoms with Crippen LogP contribution in [0.3, 0.4) is 0 Å². The molecule has 1 aromatic carbocycles. The van der Waals surface area contributed by atoms with E-state index in [-0.39, 0.29) is 0 Å². The van der Waals surface area contributed by atoms with E-state index in [1.54, 1.807) is 18.4 Å². The van der Waals surface area contributed by atoms with Gasteiger partial charge in [-0.3, -0.25) is 0 Å². The van der Waals surface area contributed by atoms with Crippen LogP contribution < -0.4 is 4.74 Å². The Morgan fingerprint density at radius 3 is 2.39 bits per heavy atom.